The van der Waals surface area contributed by atoms with Crippen molar-refractivity contribution in [2.24, 2.45) is 5.92 Å². The quantitative estimate of drug-likeness (QED) is 0.652. The lowest BCUT2D eigenvalue weighted by atomic mass is 9.96. The molecule has 0 bridgehead atoms. The number of benzene rings is 2. The zero-order valence-corrected chi connectivity index (χ0v) is 19.0. The van der Waals surface area contributed by atoms with Crippen LogP contribution in [0.5, 0.6) is 0 Å². The number of fused-ring (bicyclic) bond motifs is 1. The second kappa shape index (κ2) is 9.33. The third kappa shape index (κ3) is 4.51. The number of amides is 2. The molecule has 32 heavy (non-hydrogen) atoms. The van der Waals surface area contributed by atoms with Crippen molar-refractivity contribution in [3.63, 3.8) is 0 Å². The van der Waals surface area contributed by atoms with Crippen molar-refractivity contribution >= 4 is 35.1 Å². The second-order valence-corrected chi connectivity index (χ2v) is 8.98. The molecule has 2 aromatic carbocycles. The minimum atomic E-state index is -0.857. The van der Waals surface area contributed by atoms with E-state index in [9.17, 15) is 14.4 Å². The summed E-state index contributed by atoms with van der Waals surface area (Å²) < 4.78 is 5.57. The molecule has 0 unspecified atom stereocenters. The summed E-state index contributed by atoms with van der Waals surface area (Å²) in [6.45, 7) is 4.58. The lowest BCUT2D eigenvalue weighted by molar-refractivity contribution is -0.159. The van der Waals surface area contributed by atoms with Crippen molar-refractivity contribution in [1.82, 2.24) is 4.90 Å². The van der Waals surface area contributed by atoms with Gasteiger partial charge >= 0.3 is 5.97 Å². The number of rotatable bonds is 4. The summed E-state index contributed by atoms with van der Waals surface area (Å²) in [5, 5.41) is 0.582. The van der Waals surface area contributed by atoms with Gasteiger partial charge < -0.3 is 14.5 Å². The number of likely N-dealkylation sites (tertiary alicyclic amines) is 1. The molecule has 0 radical (unpaired) electrons. The van der Waals surface area contributed by atoms with Crippen molar-refractivity contribution in [1.29, 1.82) is 0 Å². The molecule has 1 fully saturated rings. The number of para-hydroxylation sites is 1. The first-order valence-corrected chi connectivity index (χ1v) is 11.4. The van der Waals surface area contributed by atoms with Crippen molar-refractivity contribution in [3.05, 3.63) is 64.7 Å². The van der Waals surface area contributed by atoms with Gasteiger partial charge in [-0.15, -0.1) is 0 Å². The van der Waals surface area contributed by atoms with Crippen LogP contribution in [0.15, 0.2) is 48.5 Å². The van der Waals surface area contributed by atoms with Crippen LogP contribution in [0.3, 0.4) is 0 Å². The van der Waals surface area contributed by atoms with Gasteiger partial charge in [-0.1, -0.05) is 29.8 Å². The molecule has 1 saturated heterocycles. The first-order chi connectivity index (χ1) is 15.3. The summed E-state index contributed by atoms with van der Waals surface area (Å²) in [5.41, 5.74) is 2.60. The van der Waals surface area contributed by atoms with Crippen molar-refractivity contribution < 1.29 is 19.1 Å². The number of esters is 1. The Balaban J connectivity index is 1.31. The maximum atomic E-state index is 13.0. The molecule has 2 aliphatic heterocycles. The molecule has 168 valence electrons. The third-order valence-corrected chi connectivity index (χ3v) is 6.54. The van der Waals surface area contributed by atoms with Gasteiger partial charge in [0.1, 0.15) is 0 Å². The number of carbonyl (C=O) groups excluding carboxylic acids is 3. The summed E-state index contributed by atoms with van der Waals surface area (Å²) in [6, 6.07) is 14.6. The number of hydrogen-bond donors (Lipinski definition) is 0. The number of ether oxygens (including phenoxy) is 1. The molecule has 0 N–H and O–H groups in total. The Morgan fingerprint density at radius 3 is 2.38 bits per heavy atom. The highest BCUT2D eigenvalue weighted by Crippen LogP contribution is 2.32. The zero-order valence-electron chi connectivity index (χ0n) is 18.3. The summed E-state index contributed by atoms with van der Waals surface area (Å²) >= 11 is 5.89. The second-order valence-electron chi connectivity index (χ2n) is 8.54. The fraction of sp³-hybridized carbons (Fsp3) is 0.400. The normalized spacial score (nSPS) is 19.4. The maximum Gasteiger partial charge on any atom is 0.309 e. The standard InChI is InChI=1S/C25H27ClN2O4/c1-16-15-20-5-3-4-6-22(20)28(16)23(29)17(2)32-25(31)19-11-13-27(14-12-19)24(30)18-7-9-21(26)10-8-18/h3-10,16-17,19H,11-15H2,1-2H3/t16-,17-/m0/s1. The molecule has 0 spiro atoms. The Kier molecular flexibility index (Phi) is 6.51. The Labute approximate surface area is 193 Å². The van der Waals surface area contributed by atoms with Crippen LogP contribution in [0.4, 0.5) is 5.69 Å². The number of halogens is 1. The van der Waals surface area contributed by atoms with E-state index in [1.807, 2.05) is 31.2 Å². The molecule has 6 nitrogen and oxygen atoms in total. The maximum absolute atomic E-state index is 13.0. The van der Waals surface area contributed by atoms with Gasteiger partial charge in [-0.3, -0.25) is 14.4 Å². The Hall–Kier alpha value is -2.86. The summed E-state index contributed by atoms with van der Waals surface area (Å²) in [5.74, 6) is -0.961. The molecule has 4 rings (SSSR count). The van der Waals surface area contributed by atoms with Crippen LogP contribution in [-0.4, -0.2) is 47.9 Å². The summed E-state index contributed by atoms with van der Waals surface area (Å²) in [4.78, 5) is 41.9. The third-order valence-electron chi connectivity index (χ3n) is 6.29. The minimum absolute atomic E-state index is 0.0307. The predicted molar refractivity (Wildman–Crippen MR) is 123 cm³/mol. The monoisotopic (exact) mass is 454 g/mol. The number of anilines is 1. The molecule has 0 saturated carbocycles. The fourth-order valence-electron chi connectivity index (χ4n) is 4.51. The van der Waals surface area contributed by atoms with E-state index in [-0.39, 0.29) is 29.7 Å². The molecule has 7 heteroatoms. The van der Waals surface area contributed by atoms with Gasteiger partial charge in [0.25, 0.3) is 11.8 Å². The van der Waals surface area contributed by atoms with Gasteiger partial charge in [0.15, 0.2) is 6.10 Å². The van der Waals surface area contributed by atoms with E-state index in [1.54, 1.807) is 41.0 Å². The average Bonchev–Trinajstić information content (AvgIpc) is 3.14. The first kappa shape index (κ1) is 22.3. The van der Waals surface area contributed by atoms with E-state index in [0.29, 0.717) is 36.5 Å². The van der Waals surface area contributed by atoms with Crippen LogP contribution in [0, 0.1) is 5.92 Å². The molecular weight excluding hydrogens is 428 g/mol. The van der Waals surface area contributed by atoms with E-state index in [0.717, 1.165) is 17.7 Å². The predicted octanol–water partition coefficient (Wildman–Crippen LogP) is 4.10. The zero-order chi connectivity index (χ0) is 22.8. The highest BCUT2D eigenvalue weighted by molar-refractivity contribution is 6.30. The smallest absolute Gasteiger partial charge is 0.309 e. The number of piperidine rings is 1. The van der Waals surface area contributed by atoms with E-state index in [4.69, 9.17) is 16.3 Å². The summed E-state index contributed by atoms with van der Waals surface area (Å²) in [6.07, 6.45) is 0.969. The molecule has 2 aromatic rings. The van der Waals surface area contributed by atoms with Crippen molar-refractivity contribution in [2.45, 2.75) is 45.3 Å². The van der Waals surface area contributed by atoms with Gasteiger partial charge in [0.05, 0.1) is 5.92 Å². The first-order valence-electron chi connectivity index (χ1n) is 11.0. The summed E-state index contributed by atoms with van der Waals surface area (Å²) in [7, 11) is 0. The van der Waals surface area contributed by atoms with Crippen molar-refractivity contribution in [2.75, 3.05) is 18.0 Å². The van der Waals surface area contributed by atoms with E-state index >= 15 is 0 Å². The number of carbonyl (C=O) groups is 3. The van der Waals surface area contributed by atoms with Gasteiger partial charge in [-0.05, 0) is 69.0 Å². The van der Waals surface area contributed by atoms with Crippen LogP contribution in [0.25, 0.3) is 0 Å². The average molecular weight is 455 g/mol. The Morgan fingerprint density at radius 2 is 1.69 bits per heavy atom. The Morgan fingerprint density at radius 1 is 1.03 bits per heavy atom. The lowest BCUT2D eigenvalue weighted by Gasteiger charge is -2.32. The van der Waals surface area contributed by atoms with E-state index in [1.165, 1.54) is 0 Å². The molecule has 0 aromatic heterocycles. The molecule has 2 amide bonds. The molecule has 2 atom stereocenters. The Bertz CT molecular complexity index is 1010. The van der Waals surface area contributed by atoms with Crippen LogP contribution >= 0.6 is 11.6 Å². The SMILES string of the molecule is C[C@H](OC(=O)C1CCN(C(=O)c2ccc(Cl)cc2)CC1)C(=O)N1c2ccccc2C[C@@H]1C. The van der Waals surface area contributed by atoms with Crippen LogP contribution in [0.1, 0.15) is 42.6 Å². The van der Waals surface area contributed by atoms with Gasteiger partial charge in [-0.2, -0.15) is 0 Å². The van der Waals surface area contributed by atoms with Crippen molar-refractivity contribution in [3.8, 4) is 0 Å². The lowest BCUT2D eigenvalue weighted by Crippen LogP contribution is -2.45. The van der Waals surface area contributed by atoms with Crippen LogP contribution in [0.2, 0.25) is 5.02 Å². The van der Waals surface area contributed by atoms with E-state index < -0.39 is 6.10 Å². The molecule has 0 aliphatic carbocycles. The molecule has 2 aliphatic rings. The number of nitrogens with zero attached hydrogens (tertiary/aromatic N) is 2. The van der Waals surface area contributed by atoms with Gasteiger partial charge in [-0.25, -0.2) is 0 Å². The van der Waals surface area contributed by atoms with Crippen LogP contribution in [-0.2, 0) is 20.7 Å². The van der Waals surface area contributed by atoms with Gasteiger partial charge in [0, 0.05) is 35.4 Å². The fourth-order valence-corrected chi connectivity index (χ4v) is 4.64. The number of hydrogen-bond acceptors (Lipinski definition) is 4. The molecule has 2 heterocycles. The van der Waals surface area contributed by atoms with Crippen LogP contribution < -0.4 is 4.90 Å². The van der Waals surface area contributed by atoms with Gasteiger partial charge in [0.2, 0.25) is 0 Å². The van der Waals surface area contributed by atoms with E-state index in [2.05, 4.69) is 0 Å². The highest BCUT2D eigenvalue weighted by atomic mass is 35.5. The molecular formula is C25H27ClN2O4. The topological polar surface area (TPSA) is 66.9 Å². The highest BCUT2D eigenvalue weighted by Gasteiger charge is 2.36. The minimum Gasteiger partial charge on any atom is -0.452 e. The largest absolute Gasteiger partial charge is 0.452 e.